The van der Waals surface area contributed by atoms with Crippen molar-refractivity contribution in [1.29, 1.82) is 0 Å². The van der Waals surface area contributed by atoms with E-state index in [2.05, 4.69) is 9.88 Å². The molecule has 0 unspecified atom stereocenters. The normalized spacial score (nSPS) is 25.5. The first kappa shape index (κ1) is 13.0. The number of benzene rings is 1. The van der Waals surface area contributed by atoms with Crippen molar-refractivity contribution in [3.05, 3.63) is 46.9 Å². The summed E-state index contributed by atoms with van der Waals surface area (Å²) in [5.41, 5.74) is 1.03. The van der Waals surface area contributed by atoms with Crippen LogP contribution in [-0.4, -0.2) is 35.4 Å². The van der Waals surface area contributed by atoms with Gasteiger partial charge in [0.1, 0.15) is 5.01 Å². The summed E-state index contributed by atoms with van der Waals surface area (Å²) < 4.78 is 0. The van der Waals surface area contributed by atoms with Crippen molar-refractivity contribution in [2.75, 3.05) is 24.5 Å². The van der Waals surface area contributed by atoms with Crippen molar-refractivity contribution in [1.82, 2.24) is 9.88 Å². The molecule has 2 aliphatic heterocycles. The molecule has 0 saturated carbocycles. The molecule has 0 bridgehead atoms. The van der Waals surface area contributed by atoms with Crippen molar-refractivity contribution in [3.63, 3.8) is 0 Å². The zero-order chi connectivity index (χ0) is 14.2. The fourth-order valence-corrected chi connectivity index (χ4v) is 4.10. The van der Waals surface area contributed by atoms with Crippen molar-refractivity contribution in [2.24, 2.45) is 11.8 Å². The molecule has 4 rings (SSSR count). The Bertz CT molecular complexity index is 628. The number of thiazole rings is 1. The molecular formula is C16H17N3OS. The maximum absolute atomic E-state index is 12.6. The van der Waals surface area contributed by atoms with Crippen LogP contribution in [0.15, 0.2) is 41.9 Å². The molecule has 2 saturated heterocycles. The van der Waals surface area contributed by atoms with E-state index in [0.717, 1.165) is 36.9 Å². The minimum atomic E-state index is 0.158. The first-order valence-corrected chi connectivity index (χ1v) is 8.16. The second-order valence-corrected chi connectivity index (χ2v) is 6.75. The molecule has 2 aliphatic rings. The Morgan fingerprint density at radius 3 is 2.76 bits per heavy atom. The van der Waals surface area contributed by atoms with E-state index in [1.807, 2.05) is 46.8 Å². The van der Waals surface area contributed by atoms with E-state index in [0.29, 0.717) is 5.92 Å². The summed E-state index contributed by atoms with van der Waals surface area (Å²) in [6.45, 7) is 3.59. The largest absolute Gasteiger partial charge is 0.312 e. The molecule has 2 atom stereocenters. The molecule has 0 spiro atoms. The van der Waals surface area contributed by atoms with Crippen LogP contribution in [0, 0.1) is 11.8 Å². The lowest BCUT2D eigenvalue weighted by Crippen LogP contribution is -2.32. The Labute approximate surface area is 128 Å². The van der Waals surface area contributed by atoms with Gasteiger partial charge in [0.25, 0.3) is 0 Å². The second kappa shape index (κ2) is 5.24. The van der Waals surface area contributed by atoms with Gasteiger partial charge in [0.2, 0.25) is 5.91 Å². The fraction of sp³-hybridized carbons (Fsp3) is 0.375. The lowest BCUT2D eigenvalue weighted by atomic mass is 10.0. The number of fused-ring (bicyclic) bond motifs is 1. The molecule has 1 aromatic carbocycles. The summed E-state index contributed by atoms with van der Waals surface area (Å²) in [4.78, 5) is 21.3. The summed E-state index contributed by atoms with van der Waals surface area (Å²) in [7, 11) is 0. The average molecular weight is 299 g/mol. The predicted molar refractivity (Wildman–Crippen MR) is 83.2 cm³/mol. The molecular weight excluding hydrogens is 282 g/mol. The van der Waals surface area contributed by atoms with E-state index < -0.39 is 0 Å². The van der Waals surface area contributed by atoms with Gasteiger partial charge in [-0.05, 0) is 12.1 Å². The fourth-order valence-electron chi connectivity index (χ4n) is 3.44. The molecule has 108 valence electrons. The smallest absolute Gasteiger partial charge is 0.231 e. The minimum absolute atomic E-state index is 0.158. The van der Waals surface area contributed by atoms with Gasteiger partial charge in [-0.25, -0.2) is 4.98 Å². The Morgan fingerprint density at radius 1 is 1.19 bits per heavy atom. The molecule has 0 aliphatic carbocycles. The lowest BCUT2D eigenvalue weighted by molar-refractivity contribution is -0.120. The number of hydrogen-bond acceptors (Lipinski definition) is 4. The number of anilines is 1. The van der Waals surface area contributed by atoms with Crippen LogP contribution in [0.1, 0.15) is 5.01 Å². The maximum Gasteiger partial charge on any atom is 0.231 e. The number of carbonyl (C=O) groups is 1. The molecule has 0 radical (unpaired) electrons. The summed E-state index contributed by atoms with van der Waals surface area (Å²) in [6, 6.07) is 10.0. The topological polar surface area (TPSA) is 36.4 Å². The van der Waals surface area contributed by atoms with E-state index >= 15 is 0 Å². The summed E-state index contributed by atoms with van der Waals surface area (Å²) in [6.07, 6.45) is 1.85. The van der Waals surface area contributed by atoms with E-state index in [1.54, 1.807) is 11.3 Å². The Morgan fingerprint density at radius 2 is 2.05 bits per heavy atom. The number of hydrogen-bond donors (Lipinski definition) is 0. The van der Waals surface area contributed by atoms with Crippen LogP contribution in [0.25, 0.3) is 0 Å². The highest BCUT2D eigenvalue weighted by Crippen LogP contribution is 2.35. The monoisotopic (exact) mass is 299 g/mol. The molecule has 4 nitrogen and oxygen atoms in total. The third-order valence-electron chi connectivity index (χ3n) is 4.43. The molecule has 21 heavy (non-hydrogen) atoms. The van der Waals surface area contributed by atoms with E-state index in [-0.39, 0.29) is 11.8 Å². The van der Waals surface area contributed by atoms with Gasteiger partial charge >= 0.3 is 0 Å². The van der Waals surface area contributed by atoms with Gasteiger partial charge in [-0.1, -0.05) is 18.2 Å². The molecule has 0 N–H and O–H groups in total. The summed E-state index contributed by atoms with van der Waals surface area (Å²) >= 11 is 1.69. The zero-order valence-electron chi connectivity index (χ0n) is 11.7. The number of amides is 1. The third-order valence-corrected chi connectivity index (χ3v) is 5.19. The number of nitrogens with zero attached hydrogens (tertiary/aromatic N) is 3. The summed E-state index contributed by atoms with van der Waals surface area (Å²) in [5.74, 6) is 0.899. The molecule has 2 aromatic rings. The molecule has 1 amide bonds. The second-order valence-electron chi connectivity index (χ2n) is 5.77. The lowest BCUT2D eigenvalue weighted by Gasteiger charge is -2.21. The van der Waals surface area contributed by atoms with Crippen LogP contribution < -0.4 is 4.90 Å². The highest BCUT2D eigenvalue weighted by molar-refractivity contribution is 7.09. The van der Waals surface area contributed by atoms with E-state index in [4.69, 9.17) is 0 Å². The maximum atomic E-state index is 12.6. The first-order chi connectivity index (χ1) is 10.3. The van der Waals surface area contributed by atoms with Gasteiger partial charge < -0.3 is 4.90 Å². The third kappa shape index (κ3) is 2.36. The SMILES string of the molecule is O=C1[C@@H]2CN(Cc3nccs3)C[C@H]2CN1c1ccccc1. The Balaban J connectivity index is 1.45. The molecule has 1 aromatic heterocycles. The van der Waals surface area contributed by atoms with Crippen LogP contribution in [0.2, 0.25) is 0 Å². The van der Waals surface area contributed by atoms with Crippen molar-refractivity contribution < 1.29 is 4.79 Å². The number of para-hydroxylation sites is 1. The average Bonchev–Trinajstić information content (AvgIpc) is 3.20. The highest BCUT2D eigenvalue weighted by atomic mass is 32.1. The zero-order valence-corrected chi connectivity index (χ0v) is 12.5. The van der Waals surface area contributed by atoms with Crippen LogP contribution >= 0.6 is 11.3 Å². The first-order valence-electron chi connectivity index (χ1n) is 7.28. The van der Waals surface area contributed by atoms with Crippen molar-refractivity contribution in [3.8, 4) is 0 Å². The number of carbonyl (C=O) groups excluding carboxylic acids is 1. The van der Waals surface area contributed by atoms with E-state index in [9.17, 15) is 4.79 Å². The van der Waals surface area contributed by atoms with Crippen molar-refractivity contribution in [2.45, 2.75) is 6.54 Å². The van der Waals surface area contributed by atoms with Gasteiger partial charge in [-0.2, -0.15) is 0 Å². The van der Waals surface area contributed by atoms with Crippen LogP contribution in [0.5, 0.6) is 0 Å². The Hall–Kier alpha value is -1.72. The van der Waals surface area contributed by atoms with Gasteiger partial charge in [0.15, 0.2) is 0 Å². The number of rotatable bonds is 3. The predicted octanol–water partition coefficient (Wildman–Crippen LogP) is 2.24. The van der Waals surface area contributed by atoms with Crippen LogP contribution in [0.4, 0.5) is 5.69 Å². The number of likely N-dealkylation sites (tertiary alicyclic amines) is 1. The Kier molecular flexibility index (Phi) is 3.24. The van der Waals surface area contributed by atoms with Gasteiger partial charge in [-0.3, -0.25) is 9.69 Å². The molecule has 3 heterocycles. The van der Waals surface area contributed by atoms with Crippen molar-refractivity contribution >= 4 is 22.9 Å². The van der Waals surface area contributed by atoms with Crippen LogP contribution in [-0.2, 0) is 11.3 Å². The molecule has 2 fully saturated rings. The van der Waals surface area contributed by atoms with Gasteiger partial charge in [0.05, 0.1) is 12.5 Å². The van der Waals surface area contributed by atoms with Gasteiger partial charge in [-0.15, -0.1) is 11.3 Å². The van der Waals surface area contributed by atoms with E-state index in [1.165, 1.54) is 0 Å². The van der Waals surface area contributed by atoms with Crippen LogP contribution in [0.3, 0.4) is 0 Å². The quantitative estimate of drug-likeness (QED) is 0.872. The highest BCUT2D eigenvalue weighted by Gasteiger charge is 2.46. The molecule has 5 heteroatoms. The minimum Gasteiger partial charge on any atom is -0.312 e. The summed E-state index contributed by atoms with van der Waals surface area (Å²) in [5, 5.41) is 3.15. The standard InChI is InChI=1S/C16H17N3OS/c20-16-14-10-18(11-15-17-6-7-21-15)8-12(14)9-19(16)13-4-2-1-3-5-13/h1-7,12,14H,8-11H2/t12-,14+/m0/s1. The number of aromatic nitrogens is 1. The van der Waals surface area contributed by atoms with Gasteiger partial charge in [0, 0.05) is 42.8 Å².